The van der Waals surface area contributed by atoms with Crippen LogP contribution in [0.1, 0.15) is 33.1 Å². The maximum Gasteiger partial charge on any atom is 0.152 e. The number of carbonyl (C=O) groups is 1. The molecule has 0 heterocycles. The zero-order valence-electron chi connectivity index (χ0n) is 8.31. The van der Waals surface area contributed by atoms with Gasteiger partial charge in [-0.05, 0) is 26.8 Å². The minimum absolute atomic E-state index is 0.270. The summed E-state index contributed by atoms with van der Waals surface area (Å²) in [4.78, 5) is 11.5. The zero-order chi connectivity index (χ0) is 9.61. The quantitative estimate of drug-likeness (QED) is 0.615. The van der Waals surface area contributed by atoms with E-state index in [1.807, 2.05) is 27.0 Å². The summed E-state index contributed by atoms with van der Waals surface area (Å²) in [5.74, 6) is 0.270. The van der Waals surface area contributed by atoms with Gasteiger partial charge in [0, 0.05) is 6.42 Å². The molecule has 12 heavy (non-hydrogen) atoms. The van der Waals surface area contributed by atoms with Crippen molar-refractivity contribution in [2.24, 2.45) is 0 Å². The van der Waals surface area contributed by atoms with Gasteiger partial charge < -0.3 is 5.32 Å². The first-order valence-corrected chi connectivity index (χ1v) is 4.43. The Bertz CT molecular complexity index is 165. The molecule has 0 aliphatic rings. The minimum atomic E-state index is -0.358. The molecule has 0 aromatic heterocycles. The summed E-state index contributed by atoms with van der Waals surface area (Å²) < 4.78 is 0. The molecule has 0 aliphatic heterocycles. The van der Waals surface area contributed by atoms with E-state index in [2.05, 4.69) is 11.9 Å². The van der Waals surface area contributed by atoms with E-state index in [9.17, 15) is 4.79 Å². The van der Waals surface area contributed by atoms with E-state index in [-0.39, 0.29) is 11.3 Å². The molecule has 0 saturated heterocycles. The fourth-order valence-electron chi connectivity index (χ4n) is 1.18. The Hall–Kier alpha value is -0.630. The van der Waals surface area contributed by atoms with Gasteiger partial charge in [-0.1, -0.05) is 13.0 Å². The van der Waals surface area contributed by atoms with E-state index in [0.29, 0.717) is 6.42 Å². The second kappa shape index (κ2) is 5.09. The van der Waals surface area contributed by atoms with E-state index in [1.165, 1.54) is 0 Å². The monoisotopic (exact) mass is 169 g/mol. The normalized spacial score (nSPS) is 15.2. The molecule has 1 N–H and O–H groups in total. The molecule has 2 heteroatoms. The van der Waals surface area contributed by atoms with E-state index in [4.69, 9.17) is 0 Å². The summed E-state index contributed by atoms with van der Waals surface area (Å²) in [6.45, 7) is 7.49. The Labute approximate surface area is 75.0 Å². The lowest BCUT2D eigenvalue weighted by Gasteiger charge is -2.26. The average molecular weight is 169 g/mol. The predicted octanol–water partition coefficient (Wildman–Crippen LogP) is 1.91. The van der Waals surface area contributed by atoms with Gasteiger partial charge >= 0.3 is 0 Å². The molecule has 0 aliphatic carbocycles. The smallest absolute Gasteiger partial charge is 0.152 e. The highest BCUT2D eigenvalue weighted by atomic mass is 16.1. The highest BCUT2D eigenvalue weighted by molar-refractivity contribution is 5.87. The molecule has 2 nitrogen and oxygen atoms in total. The second-order valence-corrected chi connectivity index (χ2v) is 3.19. The van der Waals surface area contributed by atoms with E-state index in [0.717, 1.165) is 12.8 Å². The van der Waals surface area contributed by atoms with Gasteiger partial charge in [-0.25, -0.2) is 0 Å². The maximum absolute atomic E-state index is 11.5. The maximum atomic E-state index is 11.5. The summed E-state index contributed by atoms with van der Waals surface area (Å²) in [6.07, 6.45) is 4.15. The number of likely N-dealkylation sites (N-methyl/N-ethyl adjacent to an activating group) is 1. The third-order valence-electron chi connectivity index (χ3n) is 2.34. The molecule has 0 bridgehead atoms. The number of hydrogen-bond acceptors (Lipinski definition) is 2. The molecule has 0 radical (unpaired) electrons. The lowest BCUT2D eigenvalue weighted by molar-refractivity contribution is -0.124. The molecular weight excluding hydrogens is 150 g/mol. The molecule has 0 spiro atoms. The van der Waals surface area contributed by atoms with Crippen LogP contribution in [0, 0.1) is 0 Å². The lowest BCUT2D eigenvalue weighted by atomic mass is 9.89. The SMILES string of the molecule is C=CCCC(C)(NC)C(=O)CC. The van der Waals surface area contributed by atoms with Crippen LogP contribution in [0.5, 0.6) is 0 Å². The Kier molecular flexibility index (Phi) is 4.83. The van der Waals surface area contributed by atoms with Crippen LogP contribution in [0.15, 0.2) is 12.7 Å². The van der Waals surface area contributed by atoms with Gasteiger partial charge in [-0.15, -0.1) is 6.58 Å². The van der Waals surface area contributed by atoms with E-state index in [1.54, 1.807) is 0 Å². The summed E-state index contributed by atoms with van der Waals surface area (Å²) in [7, 11) is 1.83. The van der Waals surface area contributed by atoms with Crippen LogP contribution in [0.25, 0.3) is 0 Å². The molecule has 0 aromatic rings. The molecule has 70 valence electrons. The largest absolute Gasteiger partial charge is 0.308 e. The summed E-state index contributed by atoms with van der Waals surface area (Å²) >= 11 is 0. The molecule has 0 saturated carbocycles. The fourth-order valence-corrected chi connectivity index (χ4v) is 1.18. The van der Waals surface area contributed by atoms with Gasteiger partial charge in [0.1, 0.15) is 0 Å². The second-order valence-electron chi connectivity index (χ2n) is 3.19. The highest BCUT2D eigenvalue weighted by Gasteiger charge is 2.28. The number of ketones is 1. The van der Waals surface area contributed by atoms with Gasteiger partial charge in [0.2, 0.25) is 0 Å². The lowest BCUT2D eigenvalue weighted by Crippen LogP contribution is -2.47. The van der Waals surface area contributed by atoms with Crippen LogP contribution < -0.4 is 5.32 Å². The van der Waals surface area contributed by atoms with Crippen molar-refractivity contribution in [3.8, 4) is 0 Å². The predicted molar refractivity (Wildman–Crippen MR) is 52.2 cm³/mol. The topological polar surface area (TPSA) is 29.1 Å². The Morgan fingerprint density at radius 1 is 1.67 bits per heavy atom. The van der Waals surface area contributed by atoms with E-state index < -0.39 is 0 Å². The van der Waals surface area contributed by atoms with Crippen LogP contribution in [-0.2, 0) is 4.79 Å². The first kappa shape index (κ1) is 11.4. The first-order chi connectivity index (χ1) is 5.60. The fraction of sp³-hybridized carbons (Fsp3) is 0.700. The van der Waals surface area contributed by atoms with Gasteiger partial charge in [-0.3, -0.25) is 4.79 Å². The van der Waals surface area contributed by atoms with Crippen molar-refractivity contribution in [1.29, 1.82) is 0 Å². The Morgan fingerprint density at radius 3 is 2.58 bits per heavy atom. The number of rotatable bonds is 6. The summed E-state index contributed by atoms with van der Waals surface area (Å²) in [5.41, 5.74) is -0.358. The zero-order valence-corrected chi connectivity index (χ0v) is 8.31. The van der Waals surface area contributed by atoms with Crippen molar-refractivity contribution in [1.82, 2.24) is 5.32 Å². The standard InChI is InChI=1S/C10H19NO/c1-5-7-8-10(3,11-4)9(12)6-2/h5,11H,1,6-8H2,2-4H3. The van der Waals surface area contributed by atoms with E-state index >= 15 is 0 Å². The van der Waals surface area contributed by atoms with Crippen LogP contribution in [-0.4, -0.2) is 18.4 Å². The highest BCUT2D eigenvalue weighted by Crippen LogP contribution is 2.14. The summed E-state index contributed by atoms with van der Waals surface area (Å²) in [6, 6.07) is 0. The molecule has 1 unspecified atom stereocenters. The molecule has 0 amide bonds. The van der Waals surface area contributed by atoms with Crippen molar-refractivity contribution in [2.45, 2.75) is 38.6 Å². The van der Waals surface area contributed by atoms with Gasteiger partial charge in [0.05, 0.1) is 5.54 Å². The summed E-state index contributed by atoms with van der Waals surface area (Å²) in [5, 5.41) is 3.07. The third kappa shape index (κ3) is 2.78. The molecule has 0 aromatic carbocycles. The number of hydrogen-bond donors (Lipinski definition) is 1. The van der Waals surface area contributed by atoms with Crippen molar-refractivity contribution in [3.05, 3.63) is 12.7 Å². The van der Waals surface area contributed by atoms with Crippen LogP contribution >= 0.6 is 0 Å². The van der Waals surface area contributed by atoms with Crippen molar-refractivity contribution < 1.29 is 4.79 Å². The van der Waals surface area contributed by atoms with Crippen LogP contribution in [0.4, 0.5) is 0 Å². The van der Waals surface area contributed by atoms with Crippen molar-refractivity contribution in [2.75, 3.05) is 7.05 Å². The van der Waals surface area contributed by atoms with Crippen LogP contribution in [0.2, 0.25) is 0 Å². The third-order valence-corrected chi connectivity index (χ3v) is 2.34. The average Bonchev–Trinajstić information content (AvgIpc) is 2.12. The van der Waals surface area contributed by atoms with Crippen molar-refractivity contribution >= 4 is 5.78 Å². The van der Waals surface area contributed by atoms with Gasteiger partial charge in [0.15, 0.2) is 5.78 Å². The number of Topliss-reactive ketones (excluding diaryl/α,β-unsaturated/α-hetero) is 1. The first-order valence-electron chi connectivity index (χ1n) is 4.43. The molecule has 1 atom stereocenters. The minimum Gasteiger partial charge on any atom is -0.308 e. The number of carbonyl (C=O) groups excluding carboxylic acids is 1. The van der Waals surface area contributed by atoms with Crippen molar-refractivity contribution in [3.63, 3.8) is 0 Å². The number of allylic oxidation sites excluding steroid dienone is 1. The Morgan fingerprint density at radius 2 is 2.25 bits per heavy atom. The molecule has 0 fully saturated rings. The molecular formula is C10H19NO. The van der Waals surface area contributed by atoms with Gasteiger partial charge in [0.25, 0.3) is 0 Å². The number of nitrogens with one attached hydrogen (secondary N) is 1. The van der Waals surface area contributed by atoms with Crippen LogP contribution in [0.3, 0.4) is 0 Å². The Balaban J connectivity index is 4.22. The van der Waals surface area contributed by atoms with Gasteiger partial charge in [-0.2, -0.15) is 0 Å². The molecule has 0 rings (SSSR count).